The second-order valence-corrected chi connectivity index (χ2v) is 6.31. The van der Waals surface area contributed by atoms with E-state index in [0.29, 0.717) is 30.8 Å². The van der Waals surface area contributed by atoms with Crippen molar-refractivity contribution in [2.24, 2.45) is 0 Å². The molecule has 1 aromatic carbocycles. The Bertz CT molecular complexity index is 1110. The number of fused-ring (bicyclic) bond motifs is 1. The number of anilines is 2. The van der Waals surface area contributed by atoms with Crippen LogP contribution in [0.5, 0.6) is 0 Å². The van der Waals surface area contributed by atoms with E-state index in [9.17, 15) is 14.4 Å². The summed E-state index contributed by atoms with van der Waals surface area (Å²) in [5.74, 6) is -0.786. The fourth-order valence-electron chi connectivity index (χ4n) is 2.60. The topological polar surface area (TPSA) is 188 Å². The van der Waals surface area contributed by atoms with Crippen LogP contribution in [0, 0.1) is 0 Å². The summed E-state index contributed by atoms with van der Waals surface area (Å²) in [6.45, 7) is 0.623. The van der Waals surface area contributed by atoms with Crippen molar-refractivity contribution in [2.45, 2.75) is 19.4 Å². The summed E-state index contributed by atoms with van der Waals surface area (Å²) in [6.07, 6.45) is 2.03. The molecule has 2 heterocycles. The number of benzene rings is 1. The van der Waals surface area contributed by atoms with E-state index in [0.717, 1.165) is 5.69 Å². The van der Waals surface area contributed by atoms with Gasteiger partial charge < -0.3 is 16.4 Å². The number of carbonyl (C=O) groups is 2. The van der Waals surface area contributed by atoms with E-state index >= 15 is 0 Å². The first-order valence-corrected chi connectivity index (χ1v) is 9.03. The van der Waals surface area contributed by atoms with E-state index in [2.05, 4.69) is 30.6 Å². The molecule has 2 aromatic heterocycles. The quantitative estimate of drug-likeness (QED) is 0.167. The van der Waals surface area contributed by atoms with Crippen molar-refractivity contribution in [3.8, 4) is 0 Å². The monoisotopic (exact) mass is 412 g/mol. The van der Waals surface area contributed by atoms with Gasteiger partial charge in [0.1, 0.15) is 0 Å². The summed E-state index contributed by atoms with van der Waals surface area (Å²) in [7, 11) is 0. The first-order chi connectivity index (χ1) is 14.5. The molecule has 0 saturated carbocycles. The second-order valence-electron chi connectivity index (χ2n) is 6.31. The lowest BCUT2D eigenvalue weighted by atomic mass is 10.2. The van der Waals surface area contributed by atoms with E-state index in [1.54, 1.807) is 24.3 Å². The van der Waals surface area contributed by atoms with Crippen LogP contribution in [-0.4, -0.2) is 43.5 Å². The first-order valence-electron chi connectivity index (χ1n) is 9.03. The molecule has 0 aliphatic heterocycles. The standard InChI is InChI=1S/C18H20N8O4/c19-18-24-15-14(17(29)25-18)23-12(9-22-15)8-21-11-5-3-10(4-6-11)16(28)20-7-1-2-13(27)26-30/h3-6,9,21,30H,1-2,7-8H2,(H,20,28)(H,26,27)(H3,19,22,24,25,29). The SMILES string of the molecule is Nc1nc2ncc(CNc3ccc(C(=O)NCCCC(=O)NO)cc3)nc2c(=O)[nH]1. The van der Waals surface area contributed by atoms with Crippen LogP contribution in [0.15, 0.2) is 35.3 Å². The van der Waals surface area contributed by atoms with Crippen LogP contribution < -0.4 is 27.4 Å². The van der Waals surface area contributed by atoms with Gasteiger partial charge >= 0.3 is 0 Å². The number of hydrogen-bond donors (Lipinski definition) is 6. The van der Waals surface area contributed by atoms with Crippen LogP contribution in [0.2, 0.25) is 0 Å². The molecule has 0 bridgehead atoms. The highest BCUT2D eigenvalue weighted by atomic mass is 16.5. The molecule has 0 spiro atoms. The Kier molecular flexibility index (Phi) is 6.49. The minimum atomic E-state index is -0.499. The number of hydrogen-bond acceptors (Lipinski definition) is 9. The van der Waals surface area contributed by atoms with Crippen molar-refractivity contribution in [1.82, 2.24) is 30.7 Å². The lowest BCUT2D eigenvalue weighted by Crippen LogP contribution is -2.26. The van der Waals surface area contributed by atoms with Crippen LogP contribution >= 0.6 is 0 Å². The number of rotatable bonds is 8. The smallest absolute Gasteiger partial charge is 0.280 e. The molecule has 156 valence electrons. The highest BCUT2D eigenvalue weighted by Gasteiger charge is 2.08. The molecule has 3 rings (SSSR count). The summed E-state index contributed by atoms with van der Waals surface area (Å²) >= 11 is 0. The van der Waals surface area contributed by atoms with Crippen molar-refractivity contribution in [3.63, 3.8) is 0 Å². The molecule has 3 aromatic rings. The Morgan fingerprint density at radius 1 is 1.17 bits per heavy atom. The normalized spacial score (nSPS) is 10.6. The molecule has 0 unspecified atom stereocenters. The van der Waals surface area contributed by atoms with Crippen LogP contribution in [0.1, 0.15) is 28.9 Å². The Morgan fingerprint density at radius 3 is 2.67 bits per heavy atom. The van der Waals surface area contributed by atoms with Gasteiger partial charge in [-0.25, -0.2) is 15.4 Å². The Morgan fingerprint density at radius 2 is 1.93 bits per heavy atom. The number of nitrogens with two attached hydrogens (primary N) is 1. The number of carbonyl (C=O) groups excluding carboxylic acids is 2. The number of nitrogen functional groups attached to an aromatic ring is 1. The largest absolute Gasteiger partial charge is 0.379 e. The maximum absolute atomic E-state index is 12.1. The molecule has 7 N–H and O–H groups in total. The third-order valence-corrected chi connectivity index (χ3v) is 4.10. The summed E-state index contributed by atoms with van der Waals surface area (Å²) < 4.78 is 0. The molecule has 0 aliphatic carbocycles. The van der Waals surface area contributed by atoms with E-state index < -0.39 is 11.5 Å². The fraction of sp³-hybridized carbons (Fsp3) is 0.222. The molecule has 0 fully saturated rings. The molecule has 0 aliphatic rings. The minimum Gasteiger partial charge on any atom is -0.379 e. The zero-order valence-electron chi connectivity index (χ0n) is 15.8. The van der Waals surface area contributed by atoms with Gasteiger partial charge in [0.25, 0.3) is 11.5 Å². The molecular formula is C18H20N8O4. The van der Waals surface area contributed by atoms with Gasteiger partial charge in [0.2, 0.25) is 11.9 Å². The number of nitrogens with one attached hydrogen (secondary N) is 4. The van der Waals surface area contributed by atoms with Gasteiger partial charge in [-0.15, -0.1) is 0 Å². The number of amides is 2. The second kappa shape index (κ2) is 9.43. The average molecular weight is 412 g/mol. The molecule has 30 heavy (non-hydrogen) atoms. The summed E-state index contributed by atoms with van der Waals surface area (Å²) in [4.78, 5) is 49.5. The van der Waals surface area contributed by atoms with Gasteiger partial charge in [-0.1, -0.05) is 0 Å². The van der Waals surface area contributed by atoms with Crippen molar-refractivity contribution in [1.29, 1.82) is 0 Å². The molecule has 0 atom stereocenters. The molecule has 12 nitrogen and oxygen atoms in total. The van der Waals surface area contributed by atoms with Crippen LogP contribution in [0.4, 0.5) is 11.6 Å². The van der Waals surface area contributed by atoms with E-state index in [4.69, 9.17) is 10.9 Å². The highest BCUT2D eigenvalue weighted by molar-refractivity contribution is 5.94. The molecular weight excluding hydrogens is 392 g/mol. The van der Waals surface area contributed by atoms with Crippen molar-refractivity contribution < 1.29 is 14.8 Å². The predicted molar refractivity (Wildman–Crippen MR) is 108 cm³/mol. The molecule has 2 amide bonds. The maximum Gasteiger partial charge on any atom is 0.280 e. The number of nitrogens with zero attached hydrogens (tertiary/aromatic N) is 3. The van der Waals surface area contributed by atoms with E-state index in [1.807, 2.05) is 0 Å². The van der Waals surface area contributed by atoms with Crippen LogP contribution in [0.25, 0.3) is 11.2 Å². The van der Waals surface area contributed by atoms with Gasteiger partial charge in [-0.05, 0) is 30.7 Å². The van der Waals surface area contributed by atoms with E-state index in [1.165, 1.54) is 11.7 Å². The average Bonchev–Trinajstić information content (AvgIpc) is 2.75. The van der Waals surface area contributed by atoms with Gasteiger partial charge in [-0.2, -0.15) is 4.98 Å². The maximum atomic E-state index is 12.1. The Labute approximate surface area is 169 Å². The van der Waals surface area contributed by atoms with Gasteiger partial charge in [-0.3, -0.25) is 24.6 Å². The van der Waals surface area contributed by atoms with Crippen LogP contribution in [0.3, 0.4) is 0 Å². The van der Waals surface area contributed by atoms with E-state index in [-0.39, 0.29) is 29.4 Å². The first kappa shape index (κ1) is 20.7. The lowest BCUT2D eigenvalue weighted by Gasteiger charge is -2.08. The predicted octanol–water partition coefficient (Wildman–Crippen LogP) is -0.0772. The molecule has 0 radical (unpaired) electrons. The molecule has 12 heteroatoms. The summed E-state index contributed by atoms with van der Waals surface area (Å²) in [5.41, 5.74) is 8.59. The van der Waals surface area contributed by atoms with Crippen molar-refractivity contribution >= 4 is 34.6 Å². The number of H-pyrrole nitrogens is 1. The number of aromatic nitrogens is 4. The highest BCUT2D eigenvalue weighted by Crippen LogP contribution is 2.11. The van der Waals surface area contributed by atoms with Crippen molar-refractivity contribution in [3.05, 3.63) is 52.1 Å². The summed E-state index contributed by atoms with van der Waals surface area (Å²) in [6, 6.07) is 6.78. The zero-order valence-corrected chi connectivity index (χ0v) is 15.8. The summed E-state index contributed by atoms with van der Waals surface area (Å²) in [5, 5.41) is 14.2. The number of hydroxylamine groups is 1. The Hall–Kier alpha value is -4.06. The third kappa shape index (κ3) is 5.26. The van der Waals surface area contributed by atoms with Gasteiger partial charge in [0.05, 0.1) is 18.4 Å². The van der Waals surface area contributed by atoms with Gasteiger partial charge in [0.15, 0.2) is 11.2 Å². The number of aromatic amines is 1. The van der Waals surface area contributed by atoms with Crippen molar-refractivity contribution in [2.75, 3.05) is 17.6 Å². The minimum absolute atomic E-state index is 0.0209. The van der Waals surface area contributed by atoms with Crippen LogP contribution in [-0.2, 0) is 11.3 Å². The molecule has 0 saturated heterocycles. The zero-order chi connectivity index (χ0) is 21.5. The third-order valence-electron chi connectivity index (χ3n) is 4.10. The lowest BCUT2D eigenvalue weighted by molar-refractivity contribution is -0.129. The van der Waals surface area contributed by atoms with Gasteiger partial charge in [0, 0.05) is 24.2 Å². The Balaban J connectivity index is 1.54. The fourth-order valence-corrected chi connectivity index (χ4v) is 2.60.